The van der Waals surface area contributed by atoms with Crippen molar-refractivity contribution in [2.24, 2.45) is 0 Å². The maximum absolute atomic E-state index is 12.8. The summed E-state index contributed by atoms with van der Waals surface area (Å²) in [5.41, 5.74) is 0.829. The van der Waals surface area contributed by atoms with Crippen LogP contribution in [0.2, 0.25) is 5.02 Å². The van der Waals surface area contributed by atoms with Gasteiger partial charge in [0.1, 0.15) is 0 Å². The van der Waals surface area contributed by atoms with Crippen molar-refractivity contribution in [3.8, 4) is 0 Å². The van der Waals surface area contributed by atoms with Crippen LogP contribution < -0.4 is 10.6 Å². The second-order valence-corrected chi connectivity index (χ2v) is 7.31. The molecule has 2 heterocycles. The molecule has 120 valence electrons. The van der Waals surface area contributed by atoms with E-state index in [1.807, 2.05) is 24.3 Å². The van der Waals surface area contributed by atoms with Crippen LogP contribution in [0.5, 0.6) is 0 Å². The average molecular weight is 386 g/mol. The summed E-state index contributed by atoms with van der Waals surface area (Å²) in [5.74, 6) is 0.219. The lowest BCUT2D eigenvalue weighted by Crippen LogP contribution is -2.50. The summed E-state index contributed by atoms with van der Waals surface area (Å²) >= 11 is 5.95. The predicted octanol–water partition coefficient (Wildman–Crippen LogP) is 3.35. The molecule has 0 unspecified atom stereocenters. The van der Waals surface area contributed by atoms with Crippen LogP contribution in [0, 0.1) is 0 Å². The van der Waals surface area contributed by atoms with Gasteiger partial charge >= 0.3 is 0 Å². The van der Waals surface area contributed by atoms with Crippen molar-refractivity contribution in [3.05, 3.63) is 34.9 Å². The molecule has 3 nitrogen and oxygen atoms in total. The van der Waals surface area contributed by atoms with Gasteiger partial charge in [0, 0.05) is 23.1 Å². The molecular formula is C17H22BrClN2O. The molecule has 3 atom stereocenters. The number of carbonyl (C=O) groups is 1. The van der Waals surface area contributed by atoms with Gasteiger partial charge in [0.2, 0.25) is 5.91 Å². The summed E-state index contributed by atoms with van der Waals surface area (Å²) in [6.07, 6.45) is 6.60. The van der Waals surface area contributed by atoms with E-state index in [2.05, 4.69) is 10.6 Å². The van der Waals surface area contributed by atoms with E-state index in [0.29, 0.717) is 18.1 Å². The second-order valence-electron chi connectivity index (χ2n) is 6.87. The molecule has 3 fully saturated rings. The molecule has 1 aromatic rings. The quantitative estimate of drug-likeness (QED) is 0.838. The van der Waals surface area contributed by atoms with Gasteiger partial charge in [-0.15, -0.1) is 17.0 Å². The molecule has 3 aliphatic rings. The molecule has 0 spiro atoms. The zero-order valence-electron chi connectivity index (χ0n) is 12.5. The minimum Gasteiger partial charge on any atom is -0.352 e. The van der Waals surface area contributed by atoms with E-state index in [1.165, 1.54) is 12.8 Å². The van der Waals surface area contributed by atoms with Crippen molar-refractivity contribution >= 4 is 34.5 Å². The summed E-state index contributed by atoms with van der Waals surface area (Å²) < 4.78 is 0. The first kappa shape index (κ1) is 16.3. The van der Waals surface area contributed by atoms with Gasteiger partial charge in [0.15, 0.2) is 0 Å². The monoisotopic (exact) mass is 384 g/mol. The molecule has 2 N–H and O–H groups in total. The van der Waals surface area contributed by atoms with Crippen molar-refractivity contribution in [2.45, 2.75) is 62.1 Å². The first-order chi connectivity index (χ1) is 10.2. The number of amides is 1. The van der Waals surface area contributed by atoms with Crippen LogP contribution in [0.1, 0.15) is 44.1 Å². The summed E-state index contributed by atoms with van der Waals surface area (Å²) in [7, 11) is 0. The predicted molar refractivity (Wildman–Crippen MR) is 93.8 cm³/mol. The number of hydrogen-bond donors (Lipinski definition) is 2. The normalized spacial score (nSPS) is 31.2. The first-order valence-corrected chi connectivity index (χ1v) is 8.37. The second kappa shape index (κ2) is 6.14. The van der Waals surface area contributed by atoms with Gasteiger partial charge in [-0.25, -0.2) is 0 Å². The van der Waals surface area contributed by atoms with E-state index < -0.39 is 0 Å². The minimum atomic E-state index is -0.283. The first-order valence-electron chi connectivity index (χ1n) is 7.99. The van der Waals surface area contributed by atoms with Crippen molar-refractivity contribution in [2.75, 3.05) is 0 Å². The van der Waals surface area contributed by atoms with Gasteiger partial charge in [0.25, 0.3) is 0 Å². The number of carbonyl (C=O) groups excluding carboxylic acids is 1. The van der Waals surface area contributed by atoms with Crippen LogP contribution in [-0.4, -0.2) is 24.0 Å². The van der Waals surface area contributed by atoms with Crippen LogP contribution >= 0.6 is 28.6 Å². The SMILES string of the molecule is Br.O=C(N[C@H]1C[C@H]2CC[C@@H](C1)N2)C1(c2ccc(Cl)cc2)CC1. The molecule has 5 heteroatoms. The van der Waals surface area contributed by atoms with Crippen LogP contribution in [-0.2, 0) is 10.2 Å². The summed E-state index contributed by atoms with van der Waals surface area (Å²) in [5, 5.41) is 7.67. The van der Waals surface area contributed by atoms with Gasteiger partial charge in [-0.3, -0.25) is 4.79 Å². The highest BCUT2D eigenvalue weighted by Gasteiger charge is 2.52. The zero-order valence-corrected chi connectivity index (χ0v) is 14.9. The number of piperidine rings is 1. The Morgan fingerprint density at radius 2 is 1.73 bits per heavy atom. The van der Waals surface area contributed by atoms with Crippen molar-refractivity contribution < 1.29 is 4.79 Å². The summed E-state index contributed by atoms with van der Waals surface area (Å²) in [4.78, 5) is 12.8. The third-order valence-corrected chi connectivity index (χ3v) is 5.64. The van der Waals surface area contributed by atoms with Crippen LogP contribution in [0.4, 0.5) is 0 Å². The zero-order chi connectivity index (χ0) is 14.4. The Labute approximate surface area is 147 Å². The van der Waals surface area contributed by atoms with E-state index in [1.54, 1.807) is 0 Å². The highest BCUT2D eigenvalue weighted by Crippen LogP contribution is 2.48. The number of fused-ring (bicyclic) bond motifs is 2. The van der Waals surface area contributed by atoms with Crippen LogP contribution in [0.3, 0.4) is 0 Å². The molecule has 4 rings (SSSR count). The molecular weight excluding hydrogens is 364 g/mol. The molecule has 2 bridgehead atoms. The third-order valence-electron chi connectivity index (χ3n) is 5.39. The van der Waals surface area contributed by atoms with Crippen molar-refractivity contribution in [3.63, 3.8) is 0 Å². The Balaban J connectivity index is 0.00000144. The molecule has 1 amide bonds. The standard InChI is InChI=1S/C17H21ClN2O.BrH/c18-12-3-1-11(2-4-12)17(7-8-17)16(21)20-15-9-13-5-6-14(10-15)19-13;/h1-4,13-15,19H,5-10H2,(H,20,21);1H/t13-,14+,15+;. The molecule has 1 aromatic carbocycles. The Morgan fingerprint density at radius 3 is 2.27 bits per heavy atom. The topological polar surface area (TPSA) is 41.1 Å². The number of nitrogens with one attached hydrogen (secondary N) is 2. The van der Waals surface area contributed by atoms with Gasteiger partial charge < -0.3 is 10.6 Å². The maximum atomic E-state index is 12.8. The lowest BCUT2D eigenvalue weighted by atomic mass is 9.93. The van der Waals surface area contributed by atoms with Gasteiger partial charge in [-0.05, 0) is 56.2 Å². The summed E-state index contributed by atoms with van der Waals surface area (Å²) in [6, 6.07) is 9.34. The van der Waals surface area contributed by atoms with Gasteiger partial charge in [-0.1, -0.05) is 23.7 Å². The molecule has 0 radical (unpaired) electrons. The number of hydrogen-bond acceptors (Lipinski definition) is 2. The fourth-order valence-corrected chi connectivity index (χ4v) is 4.17. The smallest absolute Gasteiger partial charge is 0.230 e. The van der Waals surface area contributed by atoms with E-state index in [-0.39, 0.29) is 28.3 Å². The van der Waals surface area contributed by atoms with Crippen molar-refractivity contribution in [1.82, 2.24) is 10.6 Å². The number of halogens is 2. The lowest BCUT2D eigenvalue weighted by Gasteiger charge is -2.31. The maximum Gasteiger partial charge on any atom is 0.230 e. The van der Waals surface area contributed by atoms with E-state index in [9.17, 15) is 4.79 Å². The molecule has 1 aliphatic carbocycles. The fraction of sp³-hybridized carbons (Fsp3) is 0.588. The fourth-order valence-electron chi connectivity index (χ4n) is 4.04. The van der Waals surface area contributed by atoms with Crippen LogP contribution in [0.15, 0.2) is 24.3 Å². The highest BCUT2D eigenvalue weighted by atomic mass is 79.9. The number of benzene rings is 1. The summed E-state index contributed by atoms with van der Waals surface area (Å²) in [6.45, 7) is 0. The Bertz CT molecular complexity index is 546. The largest absolute Gasteiger partial charge is 0.352 e. The Hall–Kier alpha value is -0.580. The van der Waals surface area contributed by atoms with Gasteiger partial charge in [0.05, 0.1) is 5.41 Å². The highest BCUT2D eigenvalue weighted by molar-refractivity contribution is 8.93. The molecule has 1 saturated carbocycles. The van der Waals surface area contributed by atoms with Crippen LogP contribution in [0.25, 0.3) is 0 Å². The average Bonchev–Trinajstić information content (AvgIpc) is 3.21. The van der Waals surface area contributed by atoms with Crippen molar-refractivity contribution in [1.29, 1.82) is 0 Å². The minimum absolute atomic E-state index is 0. The van der Waals surface area contributed by atoms with E-state index in [0.717, 1.165) is 36.3 Å². The molecule has 2 aliphatic heterocycles. The van der Waals surface area contributed by atoms with E-state index >= 15 is 0 Å². The molecule has 2 saturated heterocycles. The van der Waals surface area contributed by atoms with Gasteiger partial charge in [-0.2, -0.15) is 0 Å². The van der Waals surface area contributed by atoms with E-state index in [4.69, 9.17) is 11.6 Å². The number of rotatable bonds is 3. The molecule has 0 aromatic heterocycles. The lowest BCUT2D eigenvalue weighted by molar-refractivity contribution is -0.124. The molecule has 22 heavy (non-hydrogen) atoms. The Morgan fingerprint density at radius 1 is 1.14 bits per heavy atom. The Kier molecular flexibility index (Phi) is 4.54. The third kappa shape index (κ3) is 2.93.